The van der Waals surface area contributed by atoms with Crippen molar-refractivity contribution in [1.82, 2.24) is 0 Å². The predicted molar refractivity (Wildman–Crippen MR) is 228 cm³/mol. The fraction of sp³-hybridized carbons (Fsp3) is 0.366. The third-order valence-corrected chi connectivity index (χ3v) is 22.5. The lowest BCUT2D eigenvalue weighted by molar-refractivity contribution is 1.04. The Labute approximate surface area is 287 Å². The lowest BCUT2D eigenvalue weighted by Gasteiger charge is -2.27. The first-order chi connectivity index (χ1) is 21.4. The topological polar surface area (TPSA) is 0 Å². The van der Waals surface area contributed by atoms with Gasteiger partial charge in [0.15, 0.2) is 0 Å². The van der Waals surface area contributed by atoms with Crippen molar-refractivity contribution in [2.24, 2.45) is 0 Å². The van der Waals surface area contributed by atoms with Gasteiger partial charge in [-0.25, -0.2) is 0 Å². The maximum absolute atomic E-state index is 3.86. The Morgan fingerprint density at radius 1 is 0.600 bits per heavy atom. The molecular weight excluding hydrogens is 605 g/mol. The van der Waals surface area contributed by atoms with Gasteiger partial charge in [-0.1, -0.05) is 123 Å². The van der Waals surface area contributed by atoms with E-state index in [9.17, 15) is 0 Å². The minimum atomic E-state index is -1.50. The van der Waals surface area contributed by atoms with Crippen molar-refractivity contribution in [3.63, 3.8) is 0 Å². The average molecular weight is 675 g/mol. The number of rotatable bonds is 21. The second-order valence-corrected chi connectivity index (χ2v) is 28.0. The summed E-state index contributed by atoms with van der Waals surface area (Å²) in [6.07, 6.45) is 12.7. The zero-order valence-electron chi connectivity index (χ0n) is 30.2. The van der Waals surface area contributed by atoms with Crippen LogP contribution < -0.4 is 5.19 Å². The van der Waals surface area contributed by atoms with Crippen molar-refractivity contribution >= 4 is 38.9 Å². The number of benzene rings is 1. The molecule has 0 spiro atoms. The van der Waals surface area contributed by atoms with E-state index in [0.717, 1.165) is 31.2 Å². The van der Waals surface area contributed by atoms with Gasteiger partial charge in [-0.15, -0.1) is 82.9 Å². The minimum Gasteiger partial charge on any atom is -0.107 e. The molecule has 1 rings (SSSR count). The summed E-state index contributed by atoms with van der Waals surface area (Å²) in [5.74, 6) is 0. The summed E-state index contributed by atoms with van der Waals surface area (Å²) in [7, 11) is -4.18. The molecule has 0 amide bonds. The first-order valence-corrected chi connectivity index (χ1v) is 26.2. The summed E-state index contributed by atoms with van der Waals surface area (Å²) in [6.45, 7) is 49.2. The normalized spacial score (nSPS) is 10.5. The Hall–Kier alpha value is -2.51. The number of hydrogen-bond donors (Lipinski definition) is 0. The highest BCUT2D eigenvalue weighted by molar-refractivity contribution is 6.94. The molecule has 0 unspecified atom stereocenters. The van der Waals surface area contributed by atoms with Gasteiger partial charge in [-0.3, -0.25) is 0 Å². The first-order valence-electron chi connectivity index (χ1n) is 16.7. The molecule has 4 heteroatoms. The third-order valence-electron chi connectivity index (χ3n) is 8.46. The van der Waals surface area contributed by atoms with E-state index in [1.807, 2.05) is 41.4 Å². The van der Waals surface area contributed by atoms with Crippen molar-refractivity contribution in [3.8, 4) is 0 Å². The SMILES string of the molecule is C=CCC[SiH](C=C)CCC=C.C=CCC[Si](C)(CCC=C)c1ccccc1.C=C[SiH](C=C)C(C)C.C=C[Si](C=C)(C=C)C(C)C. The molecule has 1 aromatic rings. The van der Waals surface area contributed by atoms with Gasteiger partial charge >= 0.3 is 0 Å². The fourth-order valence-corrected chi connectivity index (χ4v) is 13.5. The van der Waals surface area contributed by atoms with Gasteiger partial charge in [-0.05, 0) is 48.9 Å². The molecule has 0 fully saturated rings. The highest BCUT2D eigenvalue weighted by Gasteiger charge is 2.27. The van der Waals surface area contributed by atoms with Crippen LogP contribution in [-0.2, 0) is 0 Å². The van der Waals surface area contributed by atoms with E-state index < -0.39 is 33.7 Å². The Kier molecular flexibility index (Phi) is 31.4. The van der Waals surface area contributed by atoms with Crippen LogP contribution in [0.5, 0.6) is 0 Å². The Morgan fingerprint density at radius 3 is 1.22 bits per heavy atom. The molecule has 0 aromatic heterocycles. The summed E-state index contributed by atoms with van der Waals surface area (Å²) in [5.41, 5.74) is 13.8. The summed E-state index contributed by atoms with van der Waals surface area (Å²) in [5, 5.41) is 1.57. The molecule has 0 saturated heterocycles. The van der Waals surface area contributed by atoms with E-state index in [4.69, 9.17) is 0 Å². The van der Waals surface area contributed by atoms with Crippen LogP contribution in [0.3, 0.4) is 0 Å². The summed E-state index contributed by atoms with van der Waals surface area (Å²) < 4.78 is 0. The summed E-state index contributed by atoms with van der Waals surface area (Å²) in [6, 6.07) is 16.2. The molecule has 0 aliphatic heterocycles. The molecule has 0 N–H and O–H groups in total. The van der Waals surface area contributed by atoms with E-state index in [0.29, 0.717) is 5.54 Å². The van der Waals surface area contributed by atoms with Gasteiger partial charge < -0.3 is 0 Å². The first kappa shape index (κ1) is 46.9. The standard InChI is InChI=1S/C15H22Si.C10H18Si.C9H16Si.C7H14Si/c1-4-6-13-16(3,14-7-5-2)15-11-9-8-10-12-15;1-4-7-9-11(6-3)10-8-5-2;1-6-10(7-2,8-3)9(4)5;1-5-8(6-2)7(3)4/h4-5,8-12H,1-2,6-7,13-14H2,3H3;4-6,11H,1-3,7-10H2;6-9H,1-3H2,4-5H3;5-8H,1-2H2,3-4H3. The lowest BCUT2D eigenvalue weighted by Crippen LogP contribution is -2.44. The van der Waals surface area contributed by atoms with Crippen molar-refractivity contribution in [2.45, 2.75) is 95.2 Å². The average Bonchev–Trinajstić information content (AvgIpc) is 3.05. The maximum atomic E-state index is 3.86. The second kappa shape index (κ2) is 30.2. The van der Waals surface area contributed by atoms with E-state index in [2.05, 4.69) is 147 Å². The van der Waals surface area contributed by atoms with Gasteiger partial charge in [0.2, 0.25) is 0 Å². The molecule has 1 aromatic carbocycles. The molecule has 0 aliphatic carbocycles. The summed E-state index contributed by atoms with van der Waals surface area (Å²) in [4.78, 5) is 0. The molecule has 0 bridgehead atoms. The van der Waals surface area contributed by atoms with Crippen molar-refractivity contribution in [2.75, 3.05) is 0 Å². The van der Waals surface area contributed by atoms with E-state index in [1.54, 1.807) is 5.19 Å². The number of hydrogen-bond acceptors (Lipinski definition) is 0. The molecule has 0 aliphatic rings. The van der Waals surface area contributed by atoms with E-state index in [1.165, 1.54) is 24.2 Å². The van der Waals surface area contributed by atoms with Gasteiger partial charge in [0.25, 0.3) is 0 Å². The van der Waals surface area contributed by atoms with Gasteiger partial charge in [0.1, 0.15) is 8.07 Å². The molecule has 45 heavy (non-hydrogen) atoms. The van der Waals surface area contributed by atoms with Crippen LogP contribution in [0.4, 0.5) is 0 Å². The van der Waals surface area contributed by atoms with Crippen LogP contribution in [0, 0.1) is 0 Å². The highest BCUT2D eigenvalue weighted by Crippen LogP contribution is 2.23. The maximum Gasteiger partial charge on any atom is 0.127 e. The van der Waals surface area contributed by atoms with Crippen LogP contribution in [0.15, 0.2) is 155 Å². The minimum absolute atomic E-state index is 0.625. The van der Waals surface area contributed by atoms with E-state index in [-0.39, 0.29) is 0 Å². The van der Waals surface area contributed by atoms with Crippen molar-refractivity contribution in [3.05, 3.63) is 155 Å². The van der Waals surface area contributed by atoms with Crippen LogP contribution in [0.1, 0.15) is 53.4 Å². The monoisotopic (exact) mass is 674 g/mol. The molecule has 0 saturated carbocycles. The highest BCUT2D eigenvalue weighted by atomic mass is 28.3. The molecular formula is C41H70Si4. The van der Waals surface area contributed by atoms with Gasteiger partial charge in [0.05, 0.1) is 25.7 Å². The Morgan fingerprint density at radius 2 is 1.00 bits per heavy atom. The fourth-order valence-electron chi connectivity index (χ4n) is 4.74. The molecule has 250 valence electrons. The number of allylic oxidation sites excluding steroid dienone is 4. The summed E-state index contributed by atoms with van der Waals surface area (Å²) >= 11 is 0. The van der Waals surface area contributed by atoms with Crippen LogP contribution in [0.25, 0.3) is 0 Å². The molecule has 0 heterocycles. The molecule has 0 atom stereocenters. The zero-order valence-corrected chi connectivity index (χ0v) is 34.5. The molecule has 0 radical (unpaired) electrons. The zero-order chi connectivity index (χ0) is 35.2. The Balaban J connectivity index is -0.000000543. The lowest BCUT2D eigenvalue weighted by atomic mass is 10.4. The van der Waals surface area contributed by atoms with Crippen molar-refractivity contribution in [1.29, 1.82) is 0 Å². The predicted octanol–water partition coefficient (Wildman–Crippen LogP) is 12.3. The van der Waals surface area contributed by atoms with Gasteiger partial charge in [-0.2, -0.15) is 0 Å². The van der Waals surface area contributed by atoms with Crippen LogP contribution in [0.2, 0.25) is 41.8 Å². The molecule has 0 nitrogen and oxygen atoms in total. The largest absolute Gasteiger partial charge is 0.127 e. The Bertz CT molecular complexity index is 932. The van der Waals surface area contributed by atoms with Crippen LogP contribution in [-0.4, -0.2) is 33.7 Å². The smallest absolute Gasteiger partial charge is 0.107 e. The quantitative estimate of drug-likeness (QED) is 0.0899. The second-order valence-electron chi connectivity index (χ2n) is 12.4. The van der Waals surface area contributed by atoms with Crippen LogP contribution >= 0.6 is 0 Å². The van der Waals surface area contributed by atoms with E-state index >= 15 is 0 Å². The third kappa shape index (κ3) is 21.8. The van der Waals surface area contributed by atoms with Gasteiger partial charge in [0, 0.05) is 0 Å². The van der Waals surface area contributed by atoms with Crippen molar-refractivity contribution < 1.29 is 0 Å².